The molecule has 0 aliphatic carbocycles. The number of benzene rings is 2. The molecule has 0 aliphatic heterocycles. The number of carbonyl (C=O) groups is 1. The monoisotopic (exact) mass is 392 g/mol. The Labute approximate surface area is 167 Å². The fraction of sp³-hybridized carbons (Fsp3) is 0.136. The summed E-state index contributed by atoms with van der Waals surface area (Å²) in [7, 11) is 3.54. The van der Waals surface area contributed by atoms with Gasteiger partial charge in [-0.05, 0) is 47.3 Å². The molecule has 0 fully saturated rings. The van der Waals surface area contributed by atoms with Gasteiger partial charge in [-0.2, -0.15) is 0 Å². The highest BCUT2D eigenvalue weighted by Crippen LogP contribution is 2.25. The van der Waals surface area contributed by atoms with E-state index in [0.29, 0.717) is 23.7 Å². The maximum absolute atomic E-state index is 12.7. The molecule has 0 saturated carbocycles. The second kappa shape index (κ2) is 7.78. The second-order valence-electron chi connectivity index (χ2n) is 6.38. The van der Waals surface area contributed by atoms with Gasteiger partial charge in [0.2, 0.25) is 0 Å². The van der Waals surface area contributed by atoms with Gasteiger partial charge >= 0.3 is 0 Å². The average Bonchev–Trinajstić information content (AvgIpc) is 3.30. The van der Waals surface area contributed by atoms with E-state index in [9.17, 15) is 4.79 Å². The molecule has 4 rings (SSSR count). The number of nitrogens with zero attached hydrogens (tertiary/aromatic N) is 1. The topological polar surface area (TPSA) is 52.5 Å². The summed E-state index contributed by atoms with van der Waals surface area (Å²) < 4.78 is 14.0. The van der Waals surface area contributed by atoms with Crippen LogP contribution in [0.15, 0.2) is 66.0 Å². The summed E-state index contributed by atoms with van der Waals surface area (Å²) in [6.45, 7) is 0.440. The summed E-state index contributed by atoms with van der Waals surface area (Å²) in [6, 6.07) is 19.1. The SMILES string of the molecule is COc1ccc(COc2cccc(NC(=O)c3cc4sccc4n3C)c2)cc1. The quantitative estimate of drug-likeness (QED) is 0.498. The van der Waals surface area contributed by atoms with E-state index < -0.39 is 0 Å². The number of fused-ring (bicyclic) bond motifs is 1. The highest BCUT2D eigenvalue weighted by Gasteiger charge is 2.14. The van der Waals surface area contributed by atoms with E-state index in [4.69, 9.17) is 9.47 Å². The lowest BCUT2D eigenvalue weighted by atomic mass is 10.2. The van der Waals surface area contributed by atoms with E-state index in [2.05, 4.69) is 5.32 Å². The number of nitrogens with one attached hydrogen (secondary N) is 1. The Balaban J connectivity index is 1.43. The van der Waals surface area contributed by atoms with Gasteiger partial charge in [0.25, 0.3) is 5.91 Å². The normalized spacial score (nSPS) is 10.8. The molecule has 2 aromatic heterocycles. The van der Waals surface area contributed by atoms with E-state index in [1.54, 1.807) is 18.4 Å². The number of aromatic nitrogens is 1. The zero-order valence-electron chi connectivity index (χ0n) is 15.6. The van der Waals surface area contributed by atoms with Crippen LogP contribution in [0.2, 0.25) is 0 Å². The van der Waals surface area contributed by atoms with Crippen molar-refractivity contribution < 1.29 is 14.3 Å². The zero-order valence-corrected chi connectivity index (χ0v) is 16.5. The Morgan fingerprint density at radius 1 is 1.07 bits per heavy atom. The van der Waals surface area contributed by atoms with Crippen molar-refractivity contribution in [2.75, 3.05) is 12.4 Å². The van der Waals surface area contributed by atoms with Crippen molar-refractivity contribution in [3.05, 3.63) is 77.3 Å². The minimum absolute atomic E-state index is 0.141. The molecule has 0 bridgehead atoms. The molecule has 4 aromatic rings. The Kier molecular flexibility index (Phi) is 5.04. The largest absolute Gasteiger partial charge is 0.497 e. The second-order valence-corrected chi connectivity index (χ2v) is 7.33. The number of anilines is 1. The fourth-order valence-corrected chi connectivity index (χ4v) is 3.86. The van der Waals surface area contributed by atoms with Gasteiger partial charge in [0.15, 0.2) is 0 Å². The number of carbonyl (C=O) groups excluding carboxylic acids is 1. The van der Waals surface area contributed by atoms with Crippen molar-refractivity contribution >= 4 is 33.1 Å². The summed E-state index contributed by atoms with van der Waals surface area (Å²) in [5, 5.41) is 4.98. The van der Waals surface area contributed by atoms with Crippen LogP contribution in [0.25, 0.3) is 10.2 Å². The number of rotatable bonds is 6. The smallest absolute Gasteiger partial charge is 0.272 e. The van der Waals surface area contributed by atoms with Crippen LogP contribution in [0, 0.1) is 0 Å². The fourth-order valence-electron chi connectivity index (χ4n) is 3.02. The number of hydrogen-bond donors (Lipinski definition) is 1. The molecule has 0 aliphatic rings. The first kappa shape index (κ1) is 18.1. The molecule has 142 valence electrons. The third-order valence-corrected chi connectivity index (χ3v) is 5.41. The van der Waals surface area contributed by atoms with Gasteiger partial charge in [-0.1, -0.05) is 18.2 Å². The van der Waals surface area contributed by atoms with Crippen LogP contribution in [-0.4, -0.2) is 17.6 Å². The molecule has 2 aromatic carbocycles. The van der Waals surface area contributed by atoms with Crippen LogP contribution >= 0.6 is 11.3 Å². The lowest BCUT2D eigenvalue weighted by Gasteiger charge is -2.10. The summed E-state index contributed by atoms with van der Waals surface area (Å²) in [4.78, 5) is 12.7. The van der Waals surface area contributed by atoms with Gasteiger partial charge in [0.05, 0.1) is 17.3 Å². The molecule has 1 amide bonds. The summed E-state index contributed by atoms with van der Waals surface area (Å²) in [5.74, 6) is 1.37. The van der Waals surface area contributed by atoms with E-state index in [1.807, 2.05) is 77.7 Å². The summed E-state index contributed by atoms with van der Waals surface area (Å²) in [6.07, 6.45) is 0. The molecule has 0 atom stereocenters. The third-order valence-electron chi connectivity index (χ3n) is 4.55. The maximum Gasteiger partial charge on any atom is 0.272 e. The highest BCUT2D eigenvalue weighted by atomic mass is 32.1. The van der Waals surface area contributed by atoms with Gasteiger partial charge in [-0.3, -0.25) is 4.79 Å². The van der Waals surface area contributed by atoms with Crippen LogP contribution in [0.3, 0.4) is 0 Å². The molecule has 1 N–H and O–H groups in total. The van der Waals surface area contributed by atoms with Crippen molar-refractivity contribution in [1.29, 1.82) is 0 Å². The van der Waals surface area contributed by atoms with Crippen molar-refractivity contribution in [2.45, 2.75) is 6.61 Å². The third kappa shape index (κ3) is 3.73. The van der Waals surface area contributed by atoms with Crippen molar-refractivity contribution in [2.24, 2.45) is 7.05 Å². The van der Waals surface area contributed by atoms with Crippen LogP contribution < -0.4 is 14.8 Å². The first-order chi connectivity index (χ1) is 13.6. The number of methoxy groups -OCH3 is 1. The van der Waals surface area contributed by atoms with Crippen LogP contribution in [0.4, 0.5) is 5.69 Å². The molecule has 28 heavy (non-hydrogen) atoms. The summed E-state index contributed by atoms with van der Waals surface area (Å²) >= 11 is 1.63. The average molecular weight is 392 g/mol. The standard InChI is InChI=1S/C22H20N2O3S/c1-24-19-10-11-28-21(19)13-20(24)22(25)23-16-4-3-5-18(12-16)27-14-15-6-8-17(26-2)9-7-15/h3-13H,14H2,1-2H3,(H,23,25). The minimum atomic E-state index is -0.141. The molecule has 5 nitrogen and oxygen atoms in total. The number of aryl methyl sites for hydroxylation is 1. The first-order valence-electron chi connectivity index (χ1n) is 8.84. The number of amides is 1. The Hall–Kier alpha value is -3.25. The maximum atomic E-state index is 12.7. The lowest BCUT2D eigenvalue weighted by molar-refractivity contribution is 0.102. The molecular formula is C22H20N2O3S. The van der Waals surface area contributed by atoms with Crippen LogP contribution in [-0.2, 0) is 13.7 Å². The van der Waals surface area contributed by atoms with E-state index >= 15 is 0 Å². The van der Waals surface area contributed by atoms with Crippen molar-refractivity contribution in [3.8, 4) is 11.5 Å². The lowest BCUT2D eigenvalue weighted by Crippen LogP contribution is -2.15. The summed E-state index contributed by atoms with van der Waals surface area (Å²) in [5.41, 5.74) is 3.43. The Bertz CT molecular complexity index is 1110. The van der Waals surface area contributed by atoms with Crippen molar-refractivity contribution in [1.82, 2.24) is 4.57 Å². The van der Waals surface area contributed by atoms with Gasteiger partial charge in [0.1, 0.15) is 23.8 Å². The number of ether oxygens (including phenoxy) is 2. The molecule has 2 heterocycles. The van der Waals surface area contributed by atoms with Gasteiger partial charge in [0, 0.05) is 18.8 Å². The Morgan fingerprint density at radius 2 is 1.89 bits per heavy atom. The van der Waals surface area contributed by atoms with Crippen LogP contribution in [0.1, 0.15) is 16.1 Å². The molecule has 6 heteroatoms. The number of thiophene rings is 1. The Morgan fingerprint density at radius 3 is 2.64 bits per heavy atom. The van der Waals surface area contributed by atoms with E-state index in [1.165, 1.54) is 0 Å². The minimum Gasteiger partial charge on any atom is -0.497 e. The molecule has 0 unspecified atom stereocenters. The predicted molar refractivity (Wildman–Crippen MR) is 113 cm³/mol. The highest BCUT2D eigenvalue weighted by molar-refractivity contribution is 7.17. The zero-order chi connectivity index (χ0) is 19.5. The van der Waals surface area contributed by atoms with Crippen molar-refractivity contribution in [3.63, 3.8) is 0 Å². The molecular weight excluding hydrogens is 372 g/mol. The van der Waals surface area contributed by atoms with Gasteiger partial charge in [-0.15, -0.1) is 11.3 Å². The first-order valence-corrected chi connectivity index (χ1v) is 9.72. The van der Waals surface area contributed by atoms with Gasteiger partial charge in [-0.25, -0.2) is 0 Å². The predicted octanol–water partition coefficient (Wildman–Crippen LogP) is 5.08. The van der Waals surface area contributed by atoms with Crippen LogP contribution in [0.5, 0.6) is 11.5 Å². The number of hydrogen-bond acceptors (Lipinski definition) is 4. The molecule has 0 radical (unpaired) electrons. The van der Waals surface area contributed by atoms with E-state index in [-0.39, 0.29) is 5.91 Å². The molecule has 0 saturated heterocycles. The van der Waals surface area contributed by atoms with E-state index in [0.717, 1.165) is 21.5 Å². The molecule has 0 spiro atoms. The van der Waals surface area contributed by atoms with Gasteiger partial charge < -0.3 is 19.4 Å².